The van der Waals surface area contributed by atoms with E-state index in [4.69, 9.17) is 16.3 Å². The number of benzene rings is 1. The summed E-state index contributed by atoms with van der Waals surface area (Å²) in [5, 5.41) is 0.451. The van der Waals surface area contributed by atoms with Gasteiger partial charge in [-0.3, -0.25) is 0 Å². The monoisotopic (exact) mass is 290 g/mol. The minimum absolute atomic E-state index is 0.451. The summed E-state index contributed by atoms with van der Waals surface area (Å²) >= 11 is 6.11. The first-order chi connectivity index (χ1) is 9.51. The number of aryl methyl sites for hydroxylation is 1. The average Bonchev–Trinajstić information content (AvgIpc) is 2.43. The molecule has 2 rings (SSSR count). The summed E-state index contributed by atoms with van der Waals surface area (Å²) in [6, 6.07) is 8.04. The Labute approximate surface area is 125 Å². The average molecular weight is 291 g/mol. The van der Waals surface area contributed by atoms with Gasteiger partial charge in [0, 0.05) is 12.0 Å². The lowest BCUT2D eigenvalue weighted by molar-refractivity contribution is 0.453. The second kappa shape index (κ2) is 6.23. The fourth-order valence-corrected chi connectivity index (χ4v) is 2.00. The third kappa shape index (κ3) is 3.28. The van der Waals surface area contributed by atoms with E-state index in [1.165, 1.54) is 5.56 Å². The number of rotatable bonds is 4. The number of nitrogens with zero attached hydrogens (tertiary/aromatic N) is 2. The predicted molar refractivity (Wildman–Crippen MR) is 81.8 cm³/mol. The minimum atomic E-state index is 0.451. The van der Waals surface area contributed by atoms with Crippen LogP contribution in [0, 0.1) is 6.92 Å². The Kier molecular flexibility index (Phi) is 4.61. The number of aromatic nitrogens is 2. The van der Waals surface area contributed by atoms with Crippen molar-refractivity contribution in [1.82, 2.24) is 9.97 Å². The van der Waals surface area contributed by atoms with E-state index >= 15 is 0 Å². The van der Waals surface area contributed by atoms with Crippen LogP contribution in [0.2, 0.25) is 5.15 Å². The van der Waals surface area contributed by atoms with Gasteiger partial charge in [-0.15, -0.1) is 0 Å². The molecule has 0 aliphatic rings. The van der Waals surface area contributed by atoms with Gasteiger partial charge < -0.3 is 4.74 Å². The molecule has 106 valence electrons. The molecular weight excluding hydrogens is 272 g/mol. The Morgan fingerprint density at radius 3 is 2.65 bits per heavy atom. The zero-order chi connectivity index (χ0) is 14.7. The molecule has 3 nitrogen and oxygen atoms in total. The molecule has 0 unspecified atom stereocenters. The van der Waals surface area contributed by atoms with Gasteiger partial charge in [-0.1, -0.05) is 44.5 Å². The quantitative estimate of drug-likeness (QED) is 0.750. The maximum atomic E-state index is 6.11. The molecule has 1 heterocycles. The zero-order valence-corrected chi connectivity index (χ0v) is 13.0. The summed E-state index contributed by atoms with van der Waals surface area (Å²) in [6.45, 7) is 8.16. The summed E-state index contributed by atoms with van der Waals surface area (Å²) in [5.41, 5.74) is 2.00. The molecule has 0 bridgehead atoms. The number of hydrogen-bond acceptors (Lipinski definition) is 3. The summed E-state index contributed by atoms with van der Waals surface area (Å²) in [6.07, 6.45) is 0.725. The molecule has 0 spiro atoms. The van der Waals surface area contributed by atoms with Crippen molar-refractivity contribution < 1.29 is 4.74 Å². The molecule has 1 aromatic heterocycles. The number of ether oxygens (including phenoxy) is 1. The van der Waals surface area contributed by atoms with Crippen LogP contribution in [-0.4, -0.2) is 9.97 Å². The van der Waals surface area contributed by atoms with E-state index in [1.54, 1.807) is 0 Å². The molecule has 0 saturated heterocycles. The van der Waals surface area contributed by atoms with Crippen LogP contribution >= 0.6 is 11.6 Å². The van der Waals surface area contributed by atoms with Gasteiger partial charge >= 0.3 is 0 Å². The molecule has 20 heavy (non-hydrogen) atoms. The van der Waals surface area contributed by atoms with Crippen LogP contribution in [-0.2, 0) is 6.42 Å². The lowest BCUT2D eigenvalue weighted by atomic mass is 10.0. The molecule has 0 saturated carbocycles. The Balaban J connectivity index is 2.34. The van der Waals surface area contributed by atoms with Gasteiger partial charge in [-0.2, -0.15) is 4.98 Å². The second-order valence-corrected chi connectivity index (χ2v) is 5.40. The topological polar surface area (TPSA) is 35.0 Å². The van der Waals surface area contributed by atoms with Crippen LogP contribution in [0.3, 0.4) is 0 Å². The largest absolute Gasteiger partial charge is 0.439 e. The standard InChI is InChI=1S/C16H19ClN2O/c1-5-14-18-15(17)11(4)16(19-14)20-13-8-6-7-12(9-13)10(2)3/h6-10H,5H2,1-4H3. The number of hydrogen-bond donors (Lipinski definition) is 0. The van der Waals surface area contributed by atoms with E-state index in [9.17, 15) is 0 Å². The van der Waals surface area contributed by atoms with E-state index in [-0.39, 0.29) is 0 Å². The van der Waals surface area contributed by atoms with Gasteiger partial charge in [0.15, 0.2) is 0 Å². The normalized spacial score (nSPS) is 10.9. The van der Waals surface area contributed by atoms with Crippen molar-refractivity contribution in [3.63, 3.8) is 0 Å². The van der Waals surface area contributed by atoms with Crippen LogP contribution < -0.4 is 4.74 Å². The van der Waals surface area contributed by atoms with E-state index in [0.717, 1.165) is 17.7 Å². The highest BCUT2D eigenvalue weighted by molar-refractivity contribution is 6.30. The van der Waals surface area contributed by atoms with Gasteiger partial charge in [-0.05, 0) is 30.5 Å². The molecule has 0 atom stereocenters. The molecule has 1 aromatic carbocycles. The first-order valence-corrected chi connectivity index (χ1v) is 7.20. The molecule has 0 aliphatic carbocycles. The lowest BCUT2D eigenvalue weighted by Gasteiger charge is -2.12. The SMILES string of the molecule is CCc1nc(Cl)c(C)c(Oc2cccc(C(C)C)c2)n1. The van der Waals surface area contributed by atoms with E-state index in [1.807, 2.05) is 32.0 Å². The third-order valence-corrected chi connectivity index (χ3v) is 3.51. The molecule has 0 aliphatic heterocycles. The Morgan fingerprint density at radius 2 is 2.00 bits per heavy atom. The van der Waals surface area contributed by atoms with Gasteiger partial charge in [0.05, 0.1) is 0 Å². The Hall–Kier alpha value is -1.61. The first kappa shape index (κ1) is 14.8. The van der Waals surface area contributed by atoms with Crippen LogP contribution in [0.5, 0.6) is 11.6 Å². The summed E-state index contributed by atoms with van der Waals surface area (Å²) < 4.78 is 5.89. The zero-order valence-electron chi connectivity index (χ0n) is 12.3. The van der Waals surface area contributed by atoms with Crippen molar-refractivity contribution in [3.8, 4) is 11.6 Å². The lowest BCUT2D eigenvalue weighted by Crippen LogP contribution is -2.00. The molecule has 0 fully saturated rings. The van der Waals surface area contributed by atoms with Crippen molar-refractivity contribution in [2.75, 3.05) is 0 Å². The molecule has 4 heteroatoms. The van der Waals surface area contributed by atoms with Crippen molar-refractivity contribution in [3.05, 3.63) is 46.4 Å². The number of halogens is 1. The van der Waals surface area contributed by atoms with Crippen molar-refractivity contribution in [2.45, 2.75) is 40.0 Å². The summed E-state index contributed by atoms with van der Waals surface area (Å²) in [7, 11) is 0. The van der Waals surface area contributed by atoms with Gasteiger partial charge in [0.1, 0.15) is 16.7 Å². The Bertz CT molecular complexity index is 611. The highest BCUT2D eigenvalue weighted by Crippen LogP contribution is 2.28. The van der Waals surface area contributed by atoms with Crippen molar-refractivity contribution in [2.24, 2.45) is 0 Å². The van der Waals surface area contributed by atoms with Crippen molar-refractivity contribution >= 4 is 11.6 Å². The highest BCUT2D eigenvalue weighted by Gasteiger charge is 2.11. The van der Waals surface area contributed by atoms with E-state index < -0.39 is 0 Å². The fourth-order valence-electron chi connectivity index (χ4n) is 1.82. The highest BCUT2D eigenvalue weighted by atomic mass is 35.5. The molecule has 0 radical (unpaired) electrons. The van der Waals surface area contributed by atoms with E-state index in [0.29, 0.717) is 22.8 Å². The maximum Gasteiger partial charge on any atom is 0.226 e. The fraction of sp³-hybridized carbons (Fsp3) is 0.375. The smallest absolute Gasteiger partial charge is 0.226 e. The van der Waals surface area contributed by atoms with Crippen LogP contribution in [0.4, 0.5) is 0 Å². The summed E-state index contributed by atoms with van der Waals surface area (Å²) in [5.74, 6) is 2.45. The first-order valence-electron chi connectivity index (χ1n) is 6.82. The maximum absolute atomic E-state index is 6.11. The van der Waals surface area contributed by atoms with Crippen molar-refractivity contribution in [1.29, 1.82) is 0 Å². The Morgan fingerprint density at radius 1 is 1.25 bits per heavy atom. The van der Waals surface area contributed by atoms with Crippen LogP contribution in [0.15, 0.2) is 24.3 Å². The second-order valence-electron chi connectivity index (χ2n) is 5.04. The van der Waals surface area contributed by atoms with Crippen LogP contribution in [0.25, 0.3) is 0 Å². The predicted octanol–water partition coefficient (Wildman–Crippen LogP) is 4.92. The van der Waals surface area contributed by atoms with Gasteiger partial charge in [-0.25, -0.2) is 4.98 Å². The van der Waals surface area contributed by atoms with Gasteiger partial charge in [0.25, 0.3) is 0 Å². The minimum Gasteiger partial charge on any atom is -0.439 e. The molecule has 0 N–H and O–H groups in total. The molecular formula is C16H19ClN2O. The van der Waals surface area contributed by atoms with Crippen LogP contribution in [0.1, 0.15) is 43.6 Å². The summed E-state index contributed by atoms with van der Waals surface area (Å²) in [4.78, 5) is 8.62. The third-order valence-electron chi connectivity index (χ3n) is 3.14. The van der Waals surface area contributed by atoms with Gasteiger partial charge in [0.2, 0.25) is 5.88 Å². The van der Waals surface area contributed by atoms with E-state index in [2.05, 4.69) is 29.9 Å². The molecule has 0 amide bonds. The molecule has 2 aromatic rings.